The zero-order chi connectivity index (χ0) is 14.9. The monoisotopic (exact) mass is 288 g/mol. The van der Waals surface area contributed by atoms with Gasteiger partial charge in [-0.1, -0.05) is 6.42 Å². The number of halogens is 3. The van der Waals surface area contributed by atoms with Gasteiger partial charge in [0.15, 0.2) is 0 Å². The highest BCUT2D eigenvalue weighted by Gasteiger charge is 2.34. The van der Waals surface area contributed by atoms with Crippen LogP contribution in [0, 0.1) is 5.92 Å². The van der Waals surface area contributed by atoms with Gasteiger partial charge in [0.1, 0.15) is 17.1 Å². The summed E-state index contributed by atoms with van der Waals surface area (Å²) in [6.07, 6.45) is -1.50. The Morgan fingerprint density at radius 2 is 2.10 bits per heavy atom. The van der Waals surface area contributed by atoms with Gasteiger partial charge in [-0.15, -0.1) is 0 Å². The van der Waals surface area contributed by atoms with Crippen LogP contribution in [-0.4, -0.2) is 22.1 Å². The van der Waals surface area contributed by atoms with E-state index in [9.17, 15) is 18.0 Å². The zero-order valence-corrected chi connectivity index (χ0v) is 10.9. The number of carbonyl (C=O) groups is 1. The standard InChI is InChI=1S/C13H15F3N2O2/c1-7(8-3-2-4-8)17-11-9(12(19)20)5-6-10(18-11)13(14,15)16/h5-8H,2-4H2,1H3,(H,17,18)(H,19,20). The number of hydrogen-bond acceptors (Lipinski definition) is 3. The third kappa shape index (κ3) is 3.02. The van der Waals surface area contributed by atoms with Crippen molar-refractivity contribution in [3.8, 4) is 0 Å². The highest BCUT2D eigenvalue weighted by molar-refractivity contribution is 5.93. The van der Waals surface area contributed by atoms with Crippen molar-refractivity contribution in [2.75, 3.05) is 5.32 Å². The molecule has 0 amide bonds. The highest BCUT2D eigenvalue weighted by Crippen LogP contribution is 2.33. The number of rotatable bonds is 4. The van der Waals surface area contributed by atoms with Crippen molar-refractivity contribution in [1.82, 2.24) is 4.98 Å². The molecule has 1 aliphatic carbocycles. The SMILES string of the molecule is CC(Nc1nc(C(F)(F)F)ccc1C(=O)O)C1CCC1. The van der Waals surface area contributed by atoms with Crippen LogP contribution >= 0.6 is 0 Å². The van der Waals surface area contributed by atoms with Gasteiger partial charge in [-0.2, -0.15) is 13.2 Å². The van der Waals surface area contributed by atoms with E-state index in [4.69, 9.17) is 5.11 Å². The van der Waals surface area contributed by atoms with E-state index in [-0.39, 0.29) is 17.4 Å². The van der Waals surface area contributed by atoms with Crippen molar-refractivity contribution in [2.45, 2.75) is 38.4 Å². The third-order valence-corrected chi connectivity index (χ3v) is 3.64. The minimum Gasteiger partial charge on any atom is -0.478 e. The summed E-state index contributed by atoms with van der Waals surface area (Å²) in [5.74, 6) is -1.16. The molecule has 1 aromatic rings. The lowest BCUT2D eigenvalue weighted by Crippen LogP contribution is -2.32. The summed E-state index contributed by atoms with van der Waals surface area (Å²) in [6.45, 7) is 1.83. The van der Waals surface area contributed by atoms with E-state index in [1.807, 2.05) is 6.92 Å². The van der Waals surface area contributed by atoms with Crippen LogP contribution in [0.3, 0.4) is 0 Å². The fraction of sp³-hybridized carbons (Fsp3) is 0.538. The summed E-state index contributed by atoms with van der Waals surface area (Å²) < 4.78 is 37.9. The Kier molecular flexibility index (Phi) is 3.87. The molecule has 0 radical (unpaired) electrons. The predicted octanol–water partition coefficient (Wildman–Crippen LogP) is 3.40. The van der Waals surface area contributed by atoms with Gasteiger partial charge in [0, 0.05) is 6.04 Å². The van der Waals surface area contributed by atoms with Gasteiger partial charge in [0.05, 0.1) is 0 Å². The molecule has 4 nitrogen and oxygen atoms in total. The van der Waals surface area contributed by atoms with Crippen molar-refractivity contribution in [2.24, 2.45) is 5.92 Å². The van der Waals surface area contributed by atoms with Crippen LogP contribution < -0.4 is 5.32 Å². The van der Waals surface area contributed by atoms with Crippen LogP contribution in [0.1, 0.15) is 42.2 Å². The fourth-order valence-electron chi connectivity index (χ4n) is 2.17. The Hall–Kier alpha value is -1.79. The van der Waals surface area contributed by atoms with E-state index in [1.165, 1.54) is 0 Å². The maximum Gasteiger partial charge on any atom is 0.433 e. The Labute approximate surface area is 114 Å². The Morgan fingerprint density at radius 1 is 1.45 bits per heavy atom. The van der Waals surface area contributed by atoms with Crippen LogP contribution in [-0.2, 0) is 6.18 Å². The molecule has 2 rings (SSSR count). The third-order valence-electron chi connectivity index (χ3n) is 3.64. The number of nitrogens with one attached hydrogen (secondary N) is 1. The van der Waals surface area contributed by atoms with E-state index in [0.717, 1.165) is 25.3 Å². The van der Waals surface area contributed by atoms with Crippen LogP contribution in [0.2, 0.25) is 0 Å². The first-order chi connectivity index (χ1) is 9.29. The summed E-state index contributed by atoms with van der Waals surface area (Å²) in [5.41, 5.74) is -1.34. The van der Waals surface area contributed by atoms with Crippen molar-refractivity contribution >= 4 is 11.8 Å². The molecule has 0 aromatic carbocycles. The lowest BCUT2D eigenvalue weighted by Gasteiger charge is -2.32. The topological polar surface area (TPSA) is 62.2 Å². The van der Waals surface area contributed by atoms with Gasteiger partial charge in [-0.05, 0) is 37.8 Å². The van der Waals surface area contributed by atoms with Crippen molar-refractivity contribution in [3.05, 3.63) is 23.4 Å². The number of nitrogens with zero attached hydrogens (tertiary/aromatic N) is 1. The number of pyridine rings is 1. The summed E-state index contributed by atoms with van der Waals surface area (Å²) in [7, 11) is 0. The van der Waals surface area contributed by atoms with Crippen molar-refractivity contribution in [3.63, 3.8) is 0 Å². The molecule has 20 heavy (non-hydrogen) atoms. The molecular weight excluding hydrogens is 273 g/mol. The molecule has 1 atom stereocenters. The van der Waals surface area contributed by atoms with Crippen LogP contribution in [0.25, 0.3) is 0 Å². The minimum atomic E-state index is -4.59. The molecule has 1 aliphatic rings. The number of anilines is 1. The molecular formula is C13H15F3N2O2. The number of alkyl halides is 3. The number of carboxylic acids is 1. The molecule has 0 saturated heterocycles. The molecule has 2 N–H and O–H groups in total. The molecule has 1 fully saturated rings. The molecule has 0 aliphatic heterocycles. The fourth-order valence-corrected chi connectivity index (χ4v) is 2.17. The lowest BCUT2D eigenvalue weighted by atomic mass is 9.80. The molecule has 7 heteroatoms. The maximum absolute atomic E-state index is 12.6. The predicted molar refractivity (Wildman–Crippen MR) is 66.6 cm³/mol. The Morgan fingerprint density at radius 3 is 2.55 bits per heavy atom. The molecule has 1 heterocycles. The van der Waals surface area contributed by atoms with E-state index >= 15 is 0 Å². The van der Waals surface area contributed by atoms with Gasteiger partial charge in [-0.25, -0.2) is 9.78 Å². The second-order valence-electron chi connectivity index (χ2n) is 5.02. The second kappa shape index (κ2) is 5.30. The van der Waals surface area contributed by atoms with Gasteiger partial charge < -0.3 is 10.4 Å². The summed E-state index contributed by atoms with van der Waals surface area (Å²) in [4.78, 5) is 14.5. The lowest BCUT2D eigenvalue weighted by molar-refractivity contribution is -0.141. The van der Waals surface area contributed by atoms with E-state index in [0.29, 0.717) is 12.0 Å². The van der Waals surface area contributed by atoms with Crippen LogP contribution in [0.15, 0.2) is 12.1 Å². The summed E-state index contributed by atoms with van der Waals surface area (Å²) in [5, 5.41) is 11.8. The number of aromatic carboxylic acids is 1. The van der Waals surface area contributed by atoms with Gasteiger partial charge >= 0.3 is 12.1 Å². The molecule has 1 saturated carbocycles. The van der Waals surface area contributed by atoms with Crippen LogP contribution in [0.5, 0.6) is 0 Å². The highest BCUT2D eigenvalue weighted by atomic mass is 19.4. The first kappa shape index (κ1) is 14.6. The number of hydrogen-bond donors (Lipinski definition) is 2. The van der Waals surface area contributed by atoms with Gasteiger partial charge in [-0.3, -0.25) is 0 Å². The first-order valence-corrected chi connectivity index (χ1v) is 6.37. The average molecular weight is 288 g/mol. The smallest absolute Gasteiger partial charge is 0.433 e. The maximum atomic E-state index is 12.6. The van der Waals surface area contributed by atoms with Crippen molar-refractivity contribution in [1.29, 1.82) is 0 Å². The zero-order valence-electron chi connectivity index (χ0n) is 10.9. The molecule has 0 bridgehead atoms. The molecule has 0 spiro atoms. The van der Waals surface area contributed by atoms with E-state index < -0.39 is 17.8 Å². The molecule has 110 valence electrons. The second-order valence-corrected chi connectivity index (χ2v) is 5.02. The van der Waals surface area contributed by atoms with Gasteiger partial charge in [0.2, 0.25) is 0 Å². The molecule has 1 unspecified atom stereocenters. The van der Waals surface area contributed by atoms with E-state index in [1.54, 1.807) is 0 Å². The van der Waals surface area contributed by atoms with Gasteiger partial charge in [0.25, 0.3) is 0 Å². The Balaban J connectivity index is 2.29. The largest absolute Gasteiger partial charge is 0.478 e. The molecule has 1 aromatic heterocycles. The van der Waals surface area contributed by atoms with Crippen LogP contribution in [0.4, 0.5) is 19.0 Å². The normalized spacial score (nSPS) is 17.4. The minimum absolute atomic E-state index is 0.0992. The first-order valence-electron chi connectivity index (χ1n) is 6.37. The number of carboxylic acid groups (broad SMARTS) is 1. The quantitative estimate of drug-likeness (QED) is 0.891. The summed E-state index contributed by atoms with van der Waals surface area (Å²) in [6, 6.07) is 1.52. The average Bonchev–Trinajstić information content (AvgIpc) is 2.24. The summed E-state index contributed by atoms with van der Waals surface area (Å²) >= 11 is 0. The van der Waals surface area contributed by atoms with Crippen molar-refractivity contribution < 1.29 is 23.1 Å². The Bertz CT molecular complexity index is 513. The van der Waals surface area contributed by atoms with E-state index in [2.05, 4.69) is 10.3 Å². The number of aromatic nitrogens is 1.